The fourth-order valence-corrected chi connectivity index (χ4v) is 2.39. The van der Waals surface area contributed by atoms with Crippen molar-refractivity contribution in [2.24, 2.45) is 0 Å². The maximum Gasteiger partial charge on any atom is 0.253 e. The zero-order valence-corrected chi connectivity index (χ0v) is 14.5. The van der Waals surface area contributed by atoms with Crippen molar-refractivity contribution in [1.82, 2.24) is 10.2 Å². The monoisotopic (exact) mass is 323 g/mol. The van der Waals surface area contributed by atoms with Crippen molar-refractivity contribution in [3.8, 4) is 0 Å². The van der Waals surface area contributed by atoms with Crippen LogP contribution in [0, 0.1) is 0 Å². The fourth-order valence-electron chi connectivity index (χ4n) is 2.07. The molecule has 1 aromatic carbocycles. The van der Waals surface area contributed by atoms with Gasteiger partial charge in [-0.05, 0) is 57.3 Å². The topological polar surface area (TPSA) is 53.6 Å². The first-order valence-corrected chi connectivity index (χ1v) is 7.88. The van der Waals surface area contributed by atoms with Gasteiger partial charge in [-0.25, -0.2) is 0 Å². The lowest BCUT2D eigenvalue weighted by Gasteiger charge is -2.19. The van der Waals surface area contributed by atoms with Crippen LogP contribution in [0.2, 0.25) is 0 Å². The standard InChI is InChI=1S/C16H25N3O2S/c1-5-19(6-2)15(20)13-7-9-14(10-8-13)18-16(22)17-12(3)11-21-4/h7-10,12H,5-6,11H2,1-4H3,(H2,17,18,22). The predicted octanol–water partition coefficient (Wildman–Crippen LogP) is 2.49. The van der Waals surface area contributed by atoms with Gasteiger partial charge < -0.3 is 20.3 Å². The Morgan fingerprint density at radius 2 is 1.86 bits per heavy atom. The zero-order chi connectivity index (χ0) is 16.5. The smallest absolute Gasteiger partial charge is 0.253 e. The van der Waals surface area contributed by atoms with E-state index in [0.29, 0.717) is 30.4 Å². The van der Waals surface area contributed by atoms with E-state index in [1.54, 1.807) is 12.0 Å². The molecule has 5 nitrogen and oxygen atoms in total. The summed E-state index contributed by atoms with van der Waals surface area (Å²) in [6.45, 7) is 7.94. The number of carbonyl (C=O) groups is 1. The van der Waals surface area contributed by atoms with Crippen LogP contribution < -0.4 is 10.6 Å². The predicted molar refractivity (Wildman–Crippen MR) is 94.4 cm³/mol. The number of hydrogen-bond acceptors (Lipinski definition) is 3. The molecule has 1 aromatic rings. The Kier molecular flexibility index (Phi) is 7.84. The first-order chi connectivity index (χ1) is 10.5. The Labute approximate surface area is 138 Å². The average Bonchev–Trinajstić information content (AvgIpc) is 2.49. The first-order valence-electron chi connectivity index (χ1n) is 7.47. The van der Waals surface area contributed by atoms with E-state index in [-0.39, 0.29) is 11.9 Å². The number of thiocarbonyl (C=S) groups is 1. The van der Waals surface area contributed by atoms with E-state index in [1.807, 2.05) is 45.0 Å². The molecule has 0 aromatic heterocycles. The van der Waals surface area contributed by atoms with E-state index in [9.17, 15) is 4.79 Å². The molecule has 0 aliphatic carbocycles. The molecule has 6 heteroatoms. The normalized spacial score (nSPS) is 11.6. The van der Waals surface area contributed by atoms with Gasteiger partial charge in [-0.15, -0.1) is 0 Å². The lowest BCUT2D eigenvalue weighted by atomic mass is 10.2. The number of rotatable bonds is 7. The van der Waals surface area contributed by atoms with Gasteiger partial charge >= 0.3 is 0 Å². The minimum Gasteiger partial charge on any atom is -0.383 e. The Morgan fingerprint density at radius 1 is 1.27 bits per heavy atom. The van der Waals surface area contributed by atoms with Crippen molar-refractivity contribution < 1.29 is 9.53 Å². The van der Waals surface area contributed by atoms with Gasteiger partial charge in [0.2, 0.25) is 0 Å². The molecule has 22 heavy (non-hydrogen) atoms. The molecule has 2 N–H and O–H groups in total. The molecule has 0 bridgehead atoms. The molecule has 0 saturated heterocycles. The van der Waals surface area contributed by atoms with Crippen molar-refractivity contribution >= 4 is 28.9 Å². The largest absolute Gasteiger partial charge is 0.383 e. The first kappa shape index (κ1) is 18.4. The summed E-state index contributed by atoms with van der Waals surface area (Å²) in [5.74, 6) is 0.0472. The highest BCUT2D eigenvalue weighted by molar-refractivity contribution is 7.80. The number of nitrogens with zero attached hydrogens (tertiary/aromatic N) is 1. The van der Waals surface area contributed by atoms with E-state index in [1.165, 1.54) is 0 Å². The van der Waals surface area contributed by atoms with Gasteiger partial charge in [-0.3, -0.25) is 4.79 Å². The molecule has 0 aliphatic heterocycles. The summed E-state index contributed by atoms with van der Waals surface area (Å²) >= 11 is 5.24. The van der Waals surface area contributed by atoms with Crippen molar-refractivity contribution in [1.29, 1.82) is 0 Å². The third-order valence-corrected chi connectivity index (χ3v) is 3.45. The van der Waals surface area contributed by atoms with Gasteiger partial charge in [0.15, 0.2) is 5.11 Å². The molecular weight excluding hydrogens is 298 g/mol. The number of anilines is 1. The van der Waals surface area contributed by atoms with Gasteiger partial charge in [-0.2, -0.15) is 0 Å². The van der Waals surface area contributed by atoms with Gasteiger partial charge in [-0.1, -0.05) is 0 Å². The van der Waals surface area contributed by atoms with Crippen LogP contribution in [0.3, 0.4) is 0 Å². The number of nitrogens with one attached hydrogen (secondary N) is 2. The van der Waals surface area contributed by atoms with Crippen LogP contribution >= 0.6 is 12.2 Å². The van der Waals surface area contributed by atoms with Crippen LogP contribution in [0.5, 0.6) is 0 Å². The second kappa shape index (κ2) is 9.38. The second-order valence-corrected chi connectivity index (χ2v) is 5.42. The quantitative estimate of drug-likeness (QED) is 0.755. The molecule has 0 heterocycles. The van der Waals surface area contributed by atoms with Crippen molar-refractivity contribution in [3.63, 3.8) is 0 Å². The van der Waals surface area contributed by atoms with E-state index in [2.05, 4.69) is 10.6 Å². The summed E-state index contributed by atoms with van der Waals surface area (Å²) in [6.07, 6.45) is 0. The number of methoxy groups -OCH3 is 1. The number of hydrogen-bond donors (Lipinski definition) is 2. The summed E-state index contributed by atoms with van der Waals surface area (Å²) < 4.78 is 5.05. The molecule has 0 aliphatic rings. The molecule has 0 saturated carbocycles. The maximum atomic E-state index is 12.2. The number of ether oxygens (including phenoxy) is 1. The van der Waals surface area contributed by atoms with E-state index < -0.39 is 0 Å². The Bertz CT molecular complexity index is 487. The highest BCUT2D eigenvalue weighted by Gasteiger charge is 2.12. The van der Waals surface area contributed by atoms with Crippen molar-refractivity contribution in [3.05, 3.63) is 29.8 Å². The Balaban J connectivity index is 2.61. The molecule has 0 spiro atoms. The number of amides is 1. The molecule has 1 rings (SSSR count). The third kappa shape index (κ3) is 5.61. The van der Waals surface area contributed by atoms with Crippen molar-refractivity contribution in [2.45, 2.75) is 26.8 Å². The van der Waals surface area contributed by atoms with E-state index in [0.717, 1.165) is 5.69 Å². The zero-order valence-electron chi connectivity index (χ0n) is 13.7. The number of carbonyl (C=O) groups excluding carboxylic acids is 1. The minimum absolute atomic E-state index is 0.0472. The molecule has 0 radical (unpaired) electrons. The van der Waals surface area contributed by atoms with Crippen LogP contribution in [0.1, 0.15) is 31.1 Å². The minimum atomic E-state index is 0.0472. The summed E-state index contributed by atoms with van der Waals surface area (Å²) in [4.78, 5) is 14.0. The van der Waals surface area contributed by atoms with Crippen LogP contribution in [0.15, 0.2) is 24.3 Å². The molecule has 1 atom stereocenters. The highest BCUT2D eigenvalue weighted by Crippen LogP contribution is 2.11. The Morgan fingerprint density at radius 3 is 2.36 bits per heavy atom. The molecular formula is C16H25N3O2S. The summed E-state index contributed by atoms with van der Waals surface area (Å²) in [5.41, 5.74) is 1.53. The van der Waals surface area contributed by atoms with Gasteiger partial charge in [0, 0.05) is 37.5 Å². The lowest BCUT2D eigenvalue weighted by Crippen LogP contribution is -2.38. The molecule has 1 unspecified atom stereocenters. The maximum absolute atomic E-state index is 12.2. The molecule has 0 fully saturated rings. The Hall–Kier alpha value is -1.66. The molecule has 122 valence electrons. The summed E-state index contributed by atoms with van der Waals surface area (Å²) in [7, 11) is 1.65. The van der Waals surface area contributed by atoms with E-state index >= 15 is 0 Å². The van der Waals surface area contributed by atoms with E-state index in [4.69, 9.17) is 17.0 Å². The van der Waals surface area contributed by atoms with Gasteiger partial charge in [0.1, 0.15) is 0 Å². The van der Waals surface area contributed by atoms with Crippen LogP contribution in [0.25, 0.3) is 0 Å². The van der Waals surface area contributed by atoms with Gasteiger partial charge in [0.05, 0.1) is 6.61 Å². The van der Waals surface area contributed by atoms with Crippen molar-refractivity contribution in [2.75, 3.05) is 32.1 Å². The van der Waals surface area contributed by atoms with Crippen LogP contribution in [-0.4, -0.2) is 48.8 Å². The SMILES string of the molecule is CCN(CC)C(=O)c1ccc(NC(=S)NC(C)COC)cc1. The summed E-state index contributed by atoms with van der Waals surface area (Å²) in [6, 6.07) is 7.46. The van der Waals surface area contributed by atoms with Crippen LogP contribution in [-0.2, 0) is 4.74 Å². The second-order valence-electron chi connectivity index (χ2n) is 5.01. The lowest BCUT2D eigenvalue weighted by molar-refractivity contribution is 0.0773. The molecule has 1 amide bonds. The highest BCUT2D eigenvalue weighted by atomic mass is 32.1. The number of benzene rings is 1. The fraction of sp³-hybridized carbons (Fsp3) is 0.500. The summed E-state index contributed by atoms with van der Waals surface area (Å²) in [5, 5.41) is 6.75. The van der Waals surface area contributed by atoms with Gasteiger partial charge in [0.25, 0.3) is 5.91 Å². The average molecular weight is 323 g/mol. The third-order valence-electron chi connectivity index (χ3n) is 3.23. The van der Waals surface area contributed by atoms with Crippen LogP contribution in [0.4, 0.5) is 5.69 Å².